The van der Waals surface area contributed by atoms with Gasteiger partial charge in [-0.25, -0.2) is 0 Å². The Kier molecular flexibility index (Phi) is 8.25. The Morgan fingerprint density at radius 2 is 1.77 bits per heavy atom. The lowest BCUT2D eigenvalue weighted by atomic mass is 9.66. The number of carbonyl (C=O) groups excluding carboxylic acids is 1. The topological polar surface area (TPSA) is 77.8 Å². The molecule has 0 saturated carbocycles. The first-order valence-electron chi connectivity index (χ1n) is 12.1. The number of hydrogen-bond acceptors (Lipinski definition) is 3. The van der Waals surface area contributed by atoms with Gasteiger partial charge in [0.05, 0.1) is 23.5 Å². The van der Waals surface area contributed by atoms with Crippen molar-refractivity contribution in [3.05, 3.63) is 69.7 Å². The third kappa shape index (κ3) is 5.84. The lowest BCUT2D eigenvalue weighted by Gasteiger charge is -2.54. The molecule has 1 saturated heterocycles. The van der Waals surface area contributed by atoms with Crippen LogP contribution in [0.2, 0.25) is 10.0 Å². The highest BCUT2D eigenvalue weighted by Gasteiger charge is 2.53. The van der Waals surface area contributed by atoms with Gasteiger partial charge in [0.2, 0.25) is 5.91 Å². The van der Waals surface area contributed by atoms with E-state index in [1.54, 1.807) is 39.0 Å². The molecule has 1 fully saturated rings. The van der Waals surface area contributed by atoms with Crippen LogP contribution in [0.25, 0.3) is 0 Å². The van der Waals surface area contributed by atoms with E-state index in [4.69, 9.17) is 23.2 Å². The molecule has 1 heterocycles. The van der Waals surface area contributed by atoms with Crippen molar-refractivity contribution in [2.45, 2.75) is 77.5 Å². The van der Waals surface area contributed by atoms with E-state index in [0.29, 0.717) is 22.9 Å². The van der Waals surface area contributed by atoms with Gasteiger partial charge >= 0.3 is 5.97 Å². The molecule has 5 nitrogen and oxygen atoms in total. The van der Waals surface area contributed by atoms with E-state index in [0.717, 1.165) is 11.1 Å². The molecule has 190 valence electrons. The average molecular weight is 520 g/mol. The van der Waals surface area contributed by atoms with E-state index >= 15 is 0 Å². The number of carboxylic acid groups (broad SMARTS) is 1. The maximum absolute atomic E-state index is 14.2. The summed E-state index contributed by atoms with van der Waals surface area (Å²) in [4.78, 5) is 28.0. The fourth-order valence-corrected chi connectivity index (χ4v) is 5.83. The molecule has 5 atom stereocenters. The van der Waals surface area contributed by atoms with Crippen molar-refractivity contribution in [3.8, 4) is 0 Å². The monoisotopic (exact) mass is 519 g/mol. The molecule has 2 unspecified atom stereocenters. The maximum atomic E-state index is 14.2. The first kappa shape index (κ1) is 27.5. The summed E-state index contributed by atoms with van der Waals surface area (Å²) in [5.41, 5.74) is -0.310. The van der Waals surface area contributed by atoms with Crippen molar-refractivity contribution in [3.63, 3.8) is 0 Å². The second kappa shape index (κ2) is 10.5. The molecule has 0 aromatic heterocycles. The summed E-state index contributed by atoms with van der Waals surface area (Å²) in [6.07, 6.45) is 0.683. The zero-order chi connectivity index (χ0) is 26.1. The summed E-state index contributed by atoms with van der Waals surface area (Å²) >= 11 is 12.6. The predicted octanol–water partition coefficient (Wildman–Crippen LogP) is 6.72. The van der Waals surface area contributed by atoms with Crippen molar-refractivity contribution in [1.29, 1.82) is 0 Å². The Morgan fingerprint density at radius 3 is 2.29 bits per heavy atom. The lowest BCUT2D eigenvalue weighted by Crippen LogP contribution is -2.59. The van der Waals surface area contributed by atoms with Gasteiger partial charge in [-0.15, -0.1) is 0 Å². The largest absolute Gasteiger partial charge is 0.481 e. The minimum absolute atomic E-state index is 0.207. The molecule has 1 aliphatic heterocycles. The standard InChI is InChI=1S/C28H35Cl2NO4/c1-6-23(17(2)27(3,4)35)31-25(18-10-12-20(29)13-11-18)22(19-8-7-9-21(30)14-19)15-28(5,26(31)34)16-24(32)33/h7-14,17,22-23,25,35H,6,15-16H2,1-5H3,(H,32,33)/t17-,22?,23?,25+,28+/m0/s1. The van der Waals surface area contributed by atoms with Crippen molar-refractivity contribution >= 4 is 35.1 Å². The van der Waals surface area contributed by atoms with Crippen LogP contribution in [0.4, 0.5) is 0 Å². The summed E-state index contributed by atoms with van der Waals surface area (Å²) in [5.74, 6) is -1.70. The van der Waals surface area contributed by atoms with Gasteiger partial charge in [0, 0.05) is 27.9 Å². The summed E-state index contributed by atoms with van der Waals surface area (Å²) in [6.45, 7) is 9.18. The van der Waals surface area contributed by atoms with Crippen molar-refractivity contribution in [2.24, 2.45) is 11.3 Å². The molecule has 7 heteroatoms. The normalized spacial score (nSPS) is 24.8. The predicted molar refractivity (Wildman–Crippen MR) is 140 cm³/mol. The zero-order valence-corrected chi connectivity index (χ0v) is 22.5. The van der Waals surface area contributed by atoms with E-state index in [-0.39, 0.29) is 36.2 Å². The second-order valence-corrected chi connectivity index (χ2v) is 11.5. The number of aliphatic carboxylic acids is 1. The maximum Gasteiger partial charge on any atom is 0.304 e. The first-order chi connectivity index (χ1) is 16.3. The molecule has 0 spiro atoms. The summed E-state index contributed by atoms with van der Waals surface area (Å²) < 4.78 is 0. The number of nitrogens with zero attached hydrogens (tertiary/aromatic N) is 1. The van der Waals surface area contributed by atoms with Gasteiger partial charge in [-0.1, -0.05) is 68.2 Å². The number of amides is 1. The van der Waals surface area contributed by atoms with Crippen LogP contribution in [0.3, 0.4) is 0 Å². The van der Waals surface area contributed by atoms with Gasteiger partial charge in [-0.05, 0) is 62.1 Å². The molecule has 2 aromatic rings. The van der Waals surface area contributed by atoms with Gasteiger partial charge in [0.25, 0.3) is 0 Å². The highest BCUT2D eigenvalue weighted by Crippen LogP contribution is 2.53. The summed E-state index contributed by atoms with van der Waals surface area (Å²) in [7, 11) is 0. The molecule has 2 N–H and O–H groups in total. The number of benzene rings is 2. The van der Waals surface area contributed by atoms with Gasteiger partial charge < -0.3 is 15.1 Å². The highest BCUT2D eigenvalue weighted by atomic mass is 35.5. The minimum Gasteiger partial charge on any atom is -0.481 e. The lowest BCUT2D eigenvalue weighted by molar-refractivity contribution is -0.164. The molecular weight excluding hydrogens is 485 g/mol. The number of piperidine rings is 1. The quantitative estimate of drug-likeness (QED) is 0.405. The van der Waals surface area contributed by atoms with Crippen LogP contribution in [0.5, 0.6) is 0 Å². The molecule has 35 heavy (non-hydrogen) atoms. The van der Waals surface area contributed by atoms with Gasteiger partial charge in [-0.3, -0.25) is 9.59 Å². The fourth-order valence-electron chi connectivity index (χ4n) is 5.51. The molecule has 0 aliphatic carbocycles. The Balaban J connectivity index is 2.28. The van der Waals surface area contributed by atoms with Crippen molar-refractivity contribution in [2.75, 3.05) is 0 Å². The number of halogens is 2. The SMILES string of the molecule is CCC([C@H](C)C(C)(C)O)N1C(=O)[C@@](C)(CC(=O)O)CC(c2cccc(Cl)c2)[C@H]1c1ccc(Cl)cc1. The first-order valence-corrected chi connectivity index (χ1v) is 12.8. The van der Waals surface area contributed by atoms with E-state index < -0.39 is 17.0 Å². The van der Waals surface area contributed by atoms with Gasteiger partial charge in [0.15, 0.2) is 0 Å². The molecule has 0 bridgehead atoms. The van der Waals surface area contributed by atoms with E-state index in [9.17, 15) is 19.8 Å². The number of likely N-dealkylation sites (tertiary alicyclic amines) is 1. The van der Waals surface area contributed by atoms with Crippen LogP contribution in [-0.2, 0) is 9.59 Å². The van der Waals surface area contributed by atoms with E-state index in [2.05, 4.69) is 0 Å². The Morgan fingerprint density at radius 1 is 1.14 bits per heavy atom. The summed E-state index contributed by atoms with van der Waals surface area (Å²) in [5, 5.41) is 21.8. The Labute approximate surface area is 218 Å². The highest BCUT2D eigenvalue weighted by molar-refractivity contribution is 6.30. The van der Waals surface area contributed by atoms with Gasteiger partial charge in [0.1, 0.15) is 0 Å². The number of rotatable bonds is 8. The third-order valence-corrected chi connectivity index (χ3v) is 8.09. The molecular formula is C28H35Cl2NO4. The number of carbonyl (C=O) groups is 2. The molecule has 1 amide bonds. The fraction of sp³-hybridized carbons (Fsp3) is 0.500. The van der Waals surface area contributed by atoms with Crippen LogP contribution in [0, 0.1) is 11.3 Å². The number of carboxylic acids is 1. The van der Waals surface area contributed by atoms with Crippen LogP contribution >= 0.6 is 23.2 Å². The third-order valence-electron chi connectivity index (χ3n) is 7.60. The van der Waals surface area contributed by atoms with Crippen molar-refractivity contribution in [1.82, 2.24) is 4.90 Å². The Bertz CT molecular complexity index is 1070. The smallest absolute Gasteiger partial charge is 0.304 e. The van der Waals surface area contributed by atoms with Crippen LogP contribution < -0.4 is 0 Å². The van der Waals surface area contributed by atoms with Crippen molar-refractivity contribution < 1.29 is 19.8 Å². The Hall–Kier alpha value is -2.08. The van der Waals surface area contributed by atoms with E-state index in [1.807, 2.05) is 49.1 Å². The number of aliphatic hydroxyl groups is 1. The number of hydrogen-bond donors (Lipinski definition) is 2. The molecule has 2 aromatic carbocycles. The van der Waals surface area contributed by atoms with Crippen LogP contribution in [0.15, 0.2) is 48.5 Å². The van der Waals surface area contributed by atoms with Crippen LogP contribution in [-0.4, -0.2) is 38.6 Å². The molecule has 0 radical (unpaired) electrons. The van der Waals surface area contributed by atoms with E-state index in [1.165, 1.54) is 0 Å². The minimum atomic E-state index is -1.12. The summed E-state index contributed by atoms with van der Waals surface area (Å²) in [6, 6.07) is 14.3. The average Bonchev–Trinajstić information content (AvgIpc) is 2.76. The molecule has 1 aliphatic rings. The molecule has 3 rings (SSSR count). The van der Waals surface area contributed by atoms with Crippen LogP contribution in [0.1, 0.15) is 77.0 Å². The van der Waals surface area contributed by atoms with Gasteiger partial charge in [-0.2, -0.15) is 0 Å². The zero-order valence-electron chi connectivity index (χ0n) is 21.0. The second-order valence-electron chi connectivity index (χ2n) is 10.6.